The largest absolute Gasteiger partial charge is 0.452 e. The first-order valence-electron chi connectivity index (χ1n) is 6.59. The van der Waals surface area contributed by atoms with Crippen molar-refractivity contribution in [3.05, 3.63) is 47.4 Å². The van der Waals surface area contributed by atoms with Gasteiger partial charge in [0.15, 0.2) is 0 Å². The number of nitrogens with one attached hydrogen (secondary N) is 2. The van der Waals surface area contributed by atoms with Gasteiger partial charge in [-0.1, -0.05) is 0 Å². The zero-order valence-electron chi connectivity index (χ0n) is 11.1. The Morgan fingerprint density at radius 2 is 1.67 bits per heavy atom. The number of furan rings is 1. The molecule has 5 nitrogen and oxygen atoms in total. The van der Waals surface area contributed by atoms with E-state index in [2.05, 4.69) is 10.6 Å². The van der Waals surface area contributed by atoms with E-state index >= 15 is 0 Å². The van der Waals surface area contributed by atoms with E-state index in [1.165, 1.54) is 12.3 Å². The van der Waals surface area contributed by atoms with Gasteiger partial charge in [0.25, 0.3) is 5.91 Å². The number of carbonyl (C=O) groups is 2. The van der Waals surface area contributed by atoms with Crippen molar-refractivity contribution in [3.63, 3.8) is 0 Å². The van der Waals surface area contributed by atoms with Crippen molar-refractivity contribution in [2.24, 2.45) is 5.92 Å². The fourth-order valence-corrected chi connectivity index (χ4v) is 2.08. The van der Waals surface area contributed by atoms with Crippen LogP contribution in [0.4, 0.5) is 11.4 Å². The number of hydrogen-bond acceptors (Lipinski definition) is 3. The van der Waals surface area contributed by atoms with E-state index in [0.29, 0.717) is 11.4 Å². The maximum absolute atomic E-state index is 11.9. The van der Waals surface area contributed by atoms with Gasteiger partial charge in [-0.2, -0.15) is 0 Å². The molecule has 108 valence electrons. The molecule has 0 spiro atoms. The average molecular weight is 305 g/mol. The second-order valence-electron chi connectivity index (χ2n) is 4.90. The van der Waals surface area contributed by atoms with Gasteiger partial charge < -0.3 is 15.1 Å². The first-order chi connectivity index (χ1) is 10.1. The number of amides is 2. The number of halogens is 1. The summed E-state index contributed by atoms with van der Waals surface area (Å²) in [5.41, 5.74) is 1.61. The van der Waals surface area contributed by atoms with Crippen LogP contribution in [-0.4, -0.2) is 11.8 Å². The summed E-state index contributed by atoms with van der Waals surface area (Å²) in [5.74, 6) is -0.131. The monoisotopic (exact) mass is 304 g/mol. The van der Waals surface area contributed by atoms with Crippen LogP contribution in [0.2, 0.25) is 5.22 Å². The van der Waals surface area contributed by atoms with Gasteiger partial charge in [-0.15, -0.1) is 0 Å². The zero-order chi connectivity index (χ0) is 14.8. The predicted molar refractivity (Wildman–Crippen MR) is 79.5 cm³/mol. The Morgan fingerprint density at radius 1 is 1.05 bits per heavy atom. The zero-order valence-corrected chi connectivity index (χ0v) is 11.8. The van der Waals surface area contributed by atoms with E-state index in [4.69, 9.17) is 16.0 Å². The van der Waals surface area contributed by atoms with E-state index in [1.807, 2.05) is 0 Å². The molecule has 3 rings (SSSR count). The highest BCUT2D eigenvalue weighted by Gasteiger charge is 2.29. The number of rotatable bonds is 4. The highest BCUT2D eigenvalue weighted by molar-refractivity contribution is 6.32. The lowest BCUT2D eigenvalue weighted by molar-refractivity contribution is -0.117. The van der Waals surface area contributed by atoms with E-state index in [0.717, 1.165) is 12.8 Å². The standard InChI is InChI=1S/C15H13ClN2O3/c16-13-12(7-8-21-13)15(20)18-11-5-3-10(4-6-11)17-14(19)9-1-2-9/h3-9H,1-2H2,(H,17,19)(H,18,20). The summed E-state index contributed by atoms with van der Waals surface area (Å²) in [4.78, 5) is 23.6. The van der Waals surface area contributed by atoms with Crippen LogP contribution in [0, 0.1) is 5.92 Å². The number of benzene rings is 1. The van der Waals surface area contributed by atoms with Crippen LogP contribution in [0.25, 0.3) is 0 Å². The maximum Gasteiger partial charge on any atom is 0.260 e. The van der Waals surface area contributed by atoms with Gasteiger partial charge >= 0.3 is 0 Å². The molecule has 1 aliphatic carbocycles. The minimum atomic E-state index is -0.344. The number of anilines is 2. The molecule has 0 radical (unpaired) electrons. The van der Waals surface area contributed by atoms with Gasteiger partial charge in [0.1, 0.15) is 0 Å². The summed E-state index contributed by atoms with van der Waals surface area (Å²) in [6.07, 6.45) is 3.28. The Labute approximate surface area is 126 Å². The Morgan fingerprint density at radius 3 is 2.19 bits per heavy atom. The molecule has 6 heteroatoms. The van der Waals surface area contributed by atoms with Gasteiger partial charge in [0, 0.05) is 17.3 Å². The lowest BCUT2D eigenvalue weighted by Gasteiger charge is -2.07. The lowest BCUT2D eigenvalue weighted by Crippen LogP contribution is -2.14. The maximum atomic E-state index is 11.9. The van der Waals surface area contributed by atoms with Crippen molar-refractivity contribution in [1.82, 2.24) is 0 Å². The topological polar surface area (TPSA) is 71.3 Å². The van der Waals surface area contributed by atoms with Crippen molar-refractivity contribution < 1.29 is 14.0 Å². The third-order valence-electron chi connectivity index (χ3n) is 3.22. The molecule has 1 aliphatic rings. The molecule has 0 saturated heterocycles. The van der Waals surface area contributed by atoms with Crippen LogP contribution in [0.15, 0.2) is 41.0 Å². The predicted octanol–water partition coefficient (Wildman–Crippen LogP) is 3.53. The SMILES string of the molecule is O=C(Nc1ccc(NC(=O)C2CC2)cc1)c1ccoc1Cl. The molecular weight excluding hydrogens is 292 g/mol. The number of hydrogen-bond donors (Lipinski definition) is 2. The van der Waals surface area contributed by atoms with Crippen molar-refractivity contribution in [3.8, 4) is 0 Å². The normalized spacial score (nSPS) is 13.8. The Balaban J connectivity index is 1.62. The number of carbonyl (C=O) groups excluding carboxylic acids is 2. The smallest absolute Gasteiger partial charge is 0.260 e. The molecule has 2 aromatic rings. The molecule has 0 atom stereocenters. The molecular formula is C15H13ClN2O3. The molecule has 1 fully saturated rings. The van der Waals surface area contributed by atoms with E-state index in [1.54, 1.807) is 24.3 Å². The quantitative estimate of drug-likeness (QED) is 0.907. The van der Waals surface area contributed by atoms with Crippen LogP contribution >= 0.6 is 11.6 Å². The average Bonchev–Trinajstić information content (AvgIpc) is 3.23. The minimum Gasteiger partial charge on any atom is -0.452 e. The van der Waals surface area contributed by atoms with Gasteiger partial charge in [-0.05, 0) is 54.8 Å². The van der Waals surface area contributed by atoms with Crippen LogP contribution < -0.4 is 10.6 Å². The van der Waals surface area contributed by atoms with Crippen LogP contribution in [0.5, 0.6) is 0 Å². The molecule has 1 aromatic heterocycles. The summed E-state index contributed by atoms with van der Waals surface area (Å²) in [5, 5.41) is 5.59. The van der Waals surface area contributed by atoms with Crippen molar-refractivity contribution >= 4 is 34.8 Å². The highest BCUT2D eigenvalue weighted by atomic mass is 35.5. The van der Waals surface area contributed by atoms with Crippen LogP contribution in [0.3, 0.4) is 0 Å². The van der Waals surface area contributed by atoms with Crippen molar-refractivity contribution in [2.45, 2.75) is 12.8 Å². The minimum absolute atomic E-state index is 0.0527. The first-order valence-corrected chi connectivity index (χ1v) is 6.96. The summed E-state index contributed by atoms with van der Waals surface area (Å²) >= 11 is 5.74. The fraction of sp³-hybridized carbons (Fsp3) is 0.200. The van der Waals surface area contributed by atoms with Crippen LogP contribution in [0.1, 0.15) is 23.2 Å². The molecule has 1 aromatic carbocycles. The fourth-order valence-electron chi connectivity index (χ4n) is 1.88. The summed E-state index contributed by atoms with van der Waals surface area (Å²) in [7, 11) is 0. The summed E-state index contributed by atoms with van der Waals surface area (Å²) in [6, 6.07) is 8.42. The summed E-state index contributed by atoms with van der Waals surface area (Å²) in [6.45, 7) is 0. The van der Waals surface area contributed by atoms with E-state index in [-0.39, 0.29) is 28.5 Å². The molecule has 0 aliphatic heterocycles. The van der Waals surface area contributed by atoms with E-state index < -0.39 is 0 Å². The second kappa shape index (κ2) is 5.61. The molecule has 21 heavy (non-hydrogen) atoms. The molecule has 0 bridgehead atoms. The van der Waals surface area contributed by atoms with Gasteiger partial charge in [0.2, 0.25) is 11.1 Å². The molecule has 2 N–H and O–H groups in total. The molecule has 2 amide bonds. The highest BCUT2D eigenvalue weighted by Crippen LogP contribution is 2.30. The van der Waals surface area contributed by atoms with Crippen LogP contribution in [-0.2, 0) is 4.79 Å². The lowest BCUT2D eigenvalue weighted by atomic mass is 10.2. The van der Waals surface area contributed by atoms with Gasteiger partial charge in [-0.25, -0.2) is 0 Å². The van der Waals surface area contributed by atoms with Gasteiger partial charge in [-0.3, -0.25) is 9.59 Å². The Bertz CT molecular complexity index is 674. The van der Waals surface area contributed by atoms with E-state index in [9.17, 15) is 9.59 Å². The molecule has 1 heterocycles. The van der Waals surface area contributed by atoms with Crippen molar-refractivity contribution in [2.75, 3.05) is 10.6 Å². The van der Waals surface area contributed by atoms with Gasteiger partial charge in [0.05, 0.1) is 11.8 Å². The Hall–Kier alpha value is -2.27. The third kappa shape index (κ3) is 3.25. The van der Waals surface area contributed by atoms with Crippen molar-refractivity contribution in [1.29, 1.82) is 0 Å². The summed E-state index contributed by atoms with van der Waals surface area (Å²) < 4.78 is 4.87. The first kappa shape index (κ1) is 13.7. The molecule has 0 unspecified atom stereocenters. The second-order valence-corrected chi connectivity index (χ2v) is 5.25. The molecule has 1 saturated carbocycles. The third-order valence-corrected chi connectivity index (χ3v) is 3.51. The Kier molecular flexibility index (Phi) is 3.66.